The number of aromatic nitrogens is 3. The van der Waals surface area contributed by atoms with Crippen LogP contribution in [0, 0.1) is 6.92 Å². The molecule has 0 saturated heterocycles. The van der Waals surface area contributed by atoms with E-state index in [4.69, 9.17) is 11.6 Å². The Morgan fingerprint density at radius 2 is 2.14 bits per heavy atom. The first-order chi connectivity index (χ1) is 6.61. The van der Waals surface area contributed by atoms with Gasteiger partial charge >= 0.3 is 0 Å². The Balaban J connectivity index is 2.85. The van der Waals surface area contributed by atoms with Gasteiger partial charge in [0.25, 0.3) is 0 Å². The van der Waals surface area contributed by atoms with Gasteiger partial charge in [0.2, 0.25) is 0 Å². The molecule has 0 unspecified atom stereocenters. The lowest BCUT2D eigenvalue weighted by molar-refractivity contribution is 0.888. The number of hydrogen-bond donors (Lipinski definition) is 0. The SMILES string of the molecule is Cc1cc(Cl)n2ncnc(N(C)C)c12. The van der Waals surface area contributed by atoms with Crippen LogP contribution in [0.1, 0.15) is 5.56 Å². The number of halogens is 1. The molecule has 4 nitrogen and oxygen atoms in total. The highest BCUT2D eigenvalue weighted by Crippen LogP contribution is 2.24. The molecular weight excluding hydrogens is 200 g/mol. The van der Waals surface area contributed by atoms with Crippen LogP contribution in [-0.4, -0.2) is 28.7 Å². The molecule has 14 heavy (non-hydrogen) atoms. The van der Waals surface area contributed by atoms with Crippen molar-refractivity contribution in [3.63, 3.8) is 0 Å². The third kappa shape index (κ3) is 1.23. The van der Waals surface area contributed by atoms with Crippen molar-refractivity contribution in [1.29, 1.82) is 0 Å². The van der Waals surface area contributed by atoms with E-state index < -0.39 is 0 Å². The van der Waals surface area contributed by atoms with Crippen molar-refractivity contribution in [3.8, 4) is 0 Å². The molecule has 0 aliphatic heterocycles. The molecule has 0 aromatic carbocycles. The predicted molar refractivity (Wildman–Crippen MR) is 57.1 cm³/mol. The molecule has 0 bridgehead atoms. The second-order valence-electron chi connectivity index (χ2n) is 3.39. The molecule has 0 fully saturated rings. The number of rotatable bonds is 1. The Hall–Kier alpha value is -1.29. The van der Waals surface area contributed by atoms with E-state index in [0.717, 1.165) is 16.9 Å². The number of fused-ring (bicyclic) bond motifs is 1. The zero-order valence-electron chi connectivity index (χ0n) is 8.32. The normalized spacial score (nSPS) is 10.9. The maximum absolute atomic E-state index is 6.01. The van der Waals surface area contributed by atoms with Crippen molar-refractivity contribution in [3.05, 3.63) is 23.1 Å². The number of aryl methyl sites for hydroxylation is 1. The second kappa shape index (κ2) is 3.13. The Labute approximate surface area is 87.1 Å². The molecule has 0 amide bonds. The fourth-order valence-corrected chi connectivity index (χ4v) is 1.78. The summed E-state index contributed by atoms with van der Waals surface area (Å²) in [4.78, 5) is 6.16. The molecule has 0 saturated carbocycles. The lowest BCUT2D eigenvalue weighted by Gasteiger charge is -2.12. The molecule has 5 heteroatoms. The summed E-state index contributed by atoms with van der Waals surface area (Å²) in [5.74, 6) is 0.879. The van der Waals surface area contributed by atoms with E-state index in [1.807, 2.05) is 32.0 Å². The molecule has 0 spiro atoms. The van der Waals surface area contributed by atoms with Gasteiger partial charge in [-0.25, -0.2) is 9.50 Å². The van der Waals surface area contributed by atoms with E-state index >= 15 is 0 Å². The molecular formula is C9H11ClN4. The van der Waals surface area contributed by atoms with Crippen molar-refractivity contribution in [2.24, 2.45) is 0 Å². The van der Waals surface area contributed by atoms with Crippen LogP contribution in [0.25, 0.3) is 5.52 Å². The quantitative estimate of drug-likeness (QED) is 0.719. The first-order valence-corrected chi connectivity index (χ1v) is 4.65. The minimum absolute atomic E-state index is 0.614. The Morgan fingerprint density at radius 3 is 2.79 bits per heavy atom. The maximum Gasteiger partial charge on any atom is 0.156 e. The molecule has 2 aromatic heterocycles. The summed E-state index contributed by atoms with van der Waals surface area (Å²) in [5, 5.41) is 4.71. The summed E-state index contributed by atoms with van der Waals surface area (Å²) in [6.45, 7) is 2.00. The van der Waals surface area contributed by atoms with Gasteiger partial charge in [0.15, 0.2) is 5.82 Å². The first-order valence-electron chi connectivity index (χ1n) is 4.27. The van der Waals surface area contributed by atoms with Crippen molar-refractivity contribution < 1.29 is 0 Å². The molecule has 2 rings (SSSR count). The summed E-state index contributed by atoms with van der Waals surface area (Å²) < 4.78 is 1.69. The molecule has 0 atom stereocenters. The highest BCUT2D eigenvalue weighted by atomic mass is 35.5. The van der Waals surface area contributed by atoms with E-state index in [9.17, 15) is 0 Å². The second-order valence-corrected chi connectivity index (χ2v) is 3.78. The van der Waals surface area contributed by atoms with Gasteiger partial charge in [-0.15, -0.1) is 0 Å². The van der Waals surface area contributed by atoms with Gasteiger partial charge < -0.3 is 4.90 Å². The van der Waals surface area contributed by atoms with Crippen molar-refractivity contribution in [2.75, 3.05) is 19.0 Å². The zero-order chi connectivity index (χ0) is 10.3. The van der Waals surface area contributed by atoms with Gasteiger partial charge in [-0.2, -0.15) is 5.10 Å². The molecule has 2 aromatic rings. The van der Waals surface area contributed by atoms with Crippen LogP contribution < -0.4 is 4.90 Å². The number of hydrogen-bond acceptors (Lipinski definition) is 3. The highest BCUT2D eigenvalue weighted by molar-refractivity contribution is 6.30. The van der Waals surface area contributed by atoms with E-state index in [-0.39, 0.29) is 0 Å². The van der Waals surface area contributed by atoms with Gasteiger partial charge in [-0.05, 0) is 18.6 Å². The van der Waals surface area contributed by atoms with Crippen LogP contribution in [0.15, 0.2) is 12.4 Å². The Kier molecular flexibility index (Phi) is 2.07. The lowest BCUT2D eigenvalue weighted by atomic mass is 10.3. The fourth-order valence-electron chi connectivity index (χ4n) is 1.49. The van der Waals surface area contributed by atoms with Crippen LogP contribution in [-0.2, 0) is 0 Å². The van der Waals surface area contributed by atoms with Crippen LogP contribution in [0.5, 0.6) is 0 Å². The predicted octanol–water partition coefficient (Wildman–Crippen LogP) is 1.76. The van der Waals surface area contributed by atoms with Gasteiger partial charge in [0.1, 0.15) is 17.0 Å². The number of anilines is 1. The van der Waals surface area contributed by atoms with E-state index in [0.29, 0.717) is 5.15 Å². The first kappa shape index (κ1) is 9.27. The summed E-state index contributed by atoms with van der Waals surface area (Å²) in [6, 6.07) is 1.89. The standard InChI is InChI=1S/C9H11ClN4/c1-6-4-7(10)14-8(6)9(13(2)3)11-5-12-14/h4-5H,1-3H3. The molecule has 0 N–H and O–H groups in total. The van der Waals surface area contributed by atoms with Crippen LogP contribution in [0.4, 0.5) is 5.82 Å². The topological polar surface area (TPSA) is 33.4 Å². The molecule has 0 radical (unpaired) electrons. The van der Waals surface area contributed by atoms with E-state index in [1.54, 1.807) is 4.52 Å². The summed E-state index contributed by atoms with van der Waals surface area (Å²) in [5.41, 5.74) is 2.04. The average Bonchev–Trinajstić information content (AvgIpc) is 2.43. The van der Waals surface area contributed by atoms with E-state index in [1.165, 1.54) is 6.33 Å². The average molecular weight is 211 g/mol. The summed E-state index contributed by atoms with van der Waals surface area (Å²) >= 11 is 6.01. The number of nitrogens with zero attached hydrogens (tertiary/aromatic N) is 4. The Bertz CT molecular complexity index is 475. The van der Waals surface area contributed by atoms with Gasteiger partial charge in [-0.1, -0.05) is 11.6 Å². The fraction of sp³-hybridized carbons (Fsp3) is 0.333. The van der Waals surface area contributed by atoms with Gasteiger partial charge in [0, 0.05) is 14.1 Å². The minimum atomic E-state index is 0.614. The maximum atomic E-state index is 6.01. The van der Waals surface area contributed by atoms with Crippen molar-refractivity contribution in [2.45, 2.75) is 6.92 Å². The van der Waals surface area contributed by atoms with Crippen LogP contribution >= 0.6 is 11.6 Å². The Morgan fingerprint density at radius 1 is 1.43 bits per heavy atom. The monoisotopic (exact) mass is 210 g/mol. The van der Waals surface area contributed by atoms with Crippen molar-refractivity contribution >= 4 is 22.9 Å². The highest BCUT2D eigenvalue weighted by Gasteiger charge is 2.11. The summed E-state index contributed by atoms with van der Waals surface area (Å²) in [6.07, 6.45) is 1.51. The summed E-state index contributed by atoms with van der Waals surface area (Å²) in [7, 11) is 3.89. The lowest BCUT2D eigenvalue weighted by Crippen LogP contribution is -2.13. The molecule has 0 aliphatic rings. The molecule has 74 valence electrons. The van der Waals surface area contributed by atoms with Gasteiger partial charge in [0.05, 0.1) is 0 Å². The van der Waals surface area contributed by atoms with Gasteiger partial charge in [-0.3, -0.25) is 0 Å². The third-order valence-electron chi connectivity index (χ3n) is 2.11. The largest absolute Gasteiger partial charge is 0.361 e. The molecule has 2 heterocycles. The van der Waals surface area contributed by atoms with Crippen molar-refractivity contribution in [1.82, 2.24) is 14.6 Å². The smallest absolute Gasteiger partial charge is 0.156 e. The van der Waals surface area contributed by atoms with E-state index in [2.05, 4.69) is 10.1 Å². The third-order valence-corrected chi connectivity index (χ3v) is 2.38. The van der Waals surface area contributed by atoms with Crippen LogP contribution in [0.2, 0.25) is 5.15 Å². The molecule has 0 aliphatic carbocycles. The van der Waals surface area contributed by atoms with Crippen LogP contribution in [0.3, 0.4) is 0 Å². The minimum Gasteiger partial charge on any atom is -0.361 e. The zero-order valence-corrected chi connectivity index (χ0v) is 9.08.